The monoisotopic (exact) mass is 410 g/mol. The molecule has 2 aliphatic rings. The molecule has 4 nitrogen and oxygen atoms in total. The topological polar surface area (TPSA) is 55.7 Å². The van der Waals surface area contributed by atoms with E-state index in [1.54, 1.807) is 4.90 Å². The summed E-state index contributed by atoms with van der Waals surface area (Å²) < 4.78 is 42.9. The standard InChI is InChI=1S/C21H28F2N2O2S/c1-14(24-28(27)20(2,3)4)16-5-6-18-17(13-16)9-12-25(18)19(26)15-7-10-21(22,23)11-8-15/h5-6,13,15H,7-12H2,1-4H3/b24-14+/t28-/m1/s1. The van der Waals surface area contributed by atoms with Crippen LogP contribution in [0.15, 0.2) is 22.6 Å². The van der Waals surface area contributed by atoms with Crippen LogP contribution in [0, 0.1) is 5.92 Å². The summed E-state index contributed by atoms with van der Waals surface area (Å²) in [7, 11) is 0. The lowest BCUT2D eigenvalue weighted by Gasteiger charge is -2.30. The second-order valence-electron chi connectivity index (χ2n) is 8.75. The quantitative estimate of drug-likeness (QED) is 0.537. The maximum absolute atomic E-state index is 13.4. The van der Waals surface area contributed by atoms with E-state index < -0.39 is 22.0 Å². The average Bonchev–Trinajstić information content (AvgIpc) is 3.03. The van der Waals surface area contributed by atoms with Gasteiger partial charge in [-0.2, -0.15) is 0 Å². The summed E-state index contributed by atoms with van der Waals surface area (Å²) in [6, 6.07) is 5.78. The van der Waals surface area contributed by atoms with Gasteiger partial charge in [0.05, 0.1) is 5.71 Å². The number of carbonyl (C=O) groups excluding carboxylic acids is 1. The zero-order valence-electron chi connectivity index (χ0n) is 16.9. The van der Waals surface area contributed by atoms with Crippen LogP contribution >= 0.6 is 0 Å². The van der Waals surface area contributed by atoms with Gasteiger partial charge in [0.25, 0.3) is 0 Å². The number of rotatable bonds is 3. The predicted molar refractivity (Wildman–Crippen MR) is 110 cm³/mol. The van der Waals surface area contributed by atoms with Crippen molar-refractivity contribution in [3.8, 4) is 0 Å². The third-order valence-electron chi connectivity index (χ3n) is 5.47. The van der Waals surface area contributed by atoms with Gasteiger partial charge in [0.1, 0.15) is 16.1 Å². The van der Waals surface area contributed by atoms with Crippen molar-refractivity contribution in [1.29, 1.82) is 0 Å². The molecule has 1 aromatic rings. The molecule has 1 aliphatic carbocycles. The molecule has 0 saturated heterocycles. The number of carbonyl (C=O) groups is 1. The Hall–Kier alpha value is -1.47. The van der Waals surface area contributed by atoms with Crippen molar-refractivity contribution in [2.24, 2.45) is 10.3 Å². The first kappa shape index (κ1) is 21.2. The summed E-state index contributed by atoms with van der Waals surface area (Å²) in [5, 5.41) is 0. The second kappa shape index (κ2) is 7.75. The molecule has 1 amide bonds. The Bertz CT molecular complexity index is 779. The van der Waals surface area contributed by atoms with Gasteiger partial charge >= 0.3 is 0 Å². The molecule has 28 heavy (non-hydrogen) atoms. The van der Waals surface area contributed by atoms with Gasteiger partial charge in [-0.25, -0.2) is 8.78 Å². The number of fused-ring (bicyclic) bond motifs is 1. The minimum Gasteiger partial charge on any atom is -0.591 e. The van der Waals surface area contributed by atoms with Gasteiger partial charge in [-0.1, -0.05) is 10.5 Å². The number of benzene rings is 1. The Labute approximate surface area is 168 Å². The molecule has 154 valence electrons. The van der Waals surface area contributed by atoms with E-state index in [4.69, 9.17) is 0 Å². The van der Waals surface area contributed by atoms with Crippen LogP contribution in [0.5, 0.6) is 0 Å². The molecular weight excluding hydrogens is 382 g/mol. The fourth-order valence-corrected chi connectivity index (χ4v) is 4.31. The predicted octanol–water partition coefficient (Wildman–Crippen LogP) is 4.67. The van der Waals surface area contributed by atoms with E-state index in [1.807, 2.05) is 45.9 Å². The van der Waals surface area contributed by atoms with E-state index in [-0.39, 0.29) is 37.5 Å². The number of alkyl halides is 2. The fraction of sp³-hybridized carbons (Fsp3) is 0.619. The van der Waals surface area contributed by atoms with Crippen LogP contribution < -0.4 is 4.90 Å². The molecule has 1 atom stereocenters. The maximum atomic E-state index is 13.4. The summed E-state index contributed by atoms with van der Waals surface area (Å²) in [4.78, 5) is 14.6. The molecule has 0 spiro atoms. The van der Waals surface area contributed by atoms with Crippen LogP contribution in [0.25, 0.3) is 0 Å². The maximum Gasteiger partial charge on any atom is 0.248 e. The van der Waals surface area contributed by atoms with Crippen LogP contribution in [0.1, 0.15) is 64.5 Å². The normalized spacial score (nSPS) is 21.5. The molecule has 1 fully saturated rings. The molecule has 0 aromatic heterocycles. The van der Waals surface area contributed by atoms with Gasteiger partial charge in [-0.05, 0) is 64.7 Å². The largest absolute Gasteiger partial charge is 0.591 e. The fourth-order valence-electron chi connectivity index (χ4n) is 3.68. The van der Waals surface area contributed by atoms with E-state index in [2.05, 4.69) is 4.40 Å². The molecule has 7 heteroatoms. The summed E-state index contributed by atoms with van der Waals surface area (Å²) in [5.74, 6) is -2.98. The van der Waals surface area contributed by atoms with Gasteiger partial charge in [0, 0.05) is 36.6 Å². The van der Waals surface area contributed by atoms with Crippen molar-refractivity contribution < 1.29 is 18.1 Å². The van der Waals surface area contributed by atoms with Gasteiger partial charge in [-0.3, -0.25) is 4.79 Å². The summed E-state index contributed by atoms with van der Waals surface area (Å²) in [6.45, 7) is 8.06. The number of amides is 1. The number of halogens is 2. The van der Waals surface area contributed by atoms with Crippen molar-refractivity contribution in [2.75, 3.05) is 11.4 Å². The Morgan fingerprint density at radius 1 is 1.29 bits per heavy atom. The highest BCUT2D eigenvalue weighted by atomic mass is 32.2. The van der Waals surface area contributed by atoms with E-state index in [9.17, 15) is 18.1 Å². The lowest BCUT2D eigenvalue weighted by Crippen LogP contribution is -2.38. The third kappa shape index (κ3) is 4.57. The molecule has 1 aromatic carbocycles. The van der Waals surface area contributed by atoms with Crippen LogP contribution in [0.4, 0.5) is 14.5 Å². The minimum absolute atomic E-state index is 0.0405. The first-order valence-electron chi connectivity index (χ1n) is 9.78. The van der Waals surface area contributed by atoms with Crippen molar-refractivity contribution in [2.45, 2.75) is 70.5 Å². The first-order chi connectivity index (χ1) is 13.0. The molecule has 0 radical (unpaired) electrons. The van der Waals surface area contributed by atoms with Gasteiger partial charge in [0.2, 0.25) is 11.8 Å². The Kier molecular flexibility index (Phi) is 5.88. The highest BCUT2D eigenvalue weighted by Crippen LogP contribution is 2.39. The third-order valence-corrected chi connectivity index (χ3v) is 6.96. The molecule has 1 aliphatic heterocycles. The minimum atomic E-state index is -2.63. The lowest BCUT2D eigenvalue weighted by molar-refractivity contribution is -0.126. The molecule has 1 saturated carbocycles. The number of nitrogens with zero attached hydrogens (tertiary/aromatic N) is 2. The van der Waals surface area contributed by atoms with Gasteiger partial charge < -0.3 is 9.45 Å². The van der Waals surface area contributed by atoms with Crippen molar-refractivity contribution in [3.05, 3.63) is 29.3 Å². The zero-order valence-corrected chi connectivity index (χ0v) is 17.7. The number of hydrogen-bond acceptors (Lipinski definition) is 3. The molecular formula is C21H28F2N2O2S. The Morgan fingerprint density at radius 3 is 2.54 bits per heavy atom. The van der Waals surface area contributed by atoms with E-state index in [1.165, 1.54) is 0 Å². The average molecular weight is 411 g/mol. The smallest absolute Gasteiger partial charge is 0.248 e. The molecule has 0 N–H and O–H groups in total. The van der Waals surface area contributed by atoms with Crippen LogP contribution in [0.2, 0.25) is 0 Å². The summed E-state index contributed by atoms with van der Waals surface area (Å²) >= 11 is -1.33. The van der Waals surface area contributed by atoms with Crippen LogP contribution in [-0.2, 0) is 22.6 Å². The van der Waals surface area contributed by atoms with Crippen LogP contribution in [-0.4, -0.2) is 33.4 Å². The number of hydrogen-bond donors (Lipinski definition) is 0. The Balaban J connectivity index is 1.74. The zero-order chi connectivity index (χ0) is 20.7. The first-order valence-corrected chi connectivity index (χ1v) is 10.9. The van der Waals surface area contributed by atoms with Crippen molar-refractivity contribution in [1.82, 2.24) is 0 Å². The Morgan fingerprint density at radius 2 is 1.93 bits per heavy atom. The molecule has 1 heterocycles. The van der Waals surface area contributed by atoms with Gasteiger partial charge in [0.15, 0.2) is 0 Å². The molecule has 0 bridgehead atoms. The lowest BCUT2D eigenvalue weighted by atomic mass is 9.86. The summed E-state index contributed by atoms with van der Waals surface area (Å²) in [6.07, 6.45) is 0.820. The molecule has 3 rings (SSSR count). The van der Waals surface area contributed by atoms with E-state index in [0.29, 0.717) is 12.3 Å². The van der Waals surface area contributed by atoms with Gasteiger partial charge in [-0.15, -0.1) is 0 Å². The SMILES string of the molecule is C/C(=N\[S@+]([O-])C(C)(C)C)c1ccc2c(c1)CCN2C(=O)C1CCC(F)(F)CC1. The highest BCUT2D eigenvalue weighted by Gasteiger charge is 2.39. The van der Waals surface area contributed by atoms with E-state index in [0.717, 1.165) is 23.2 Å². The number of anilines is 1. The summed E-state index contributed by atoms with van der Waals surface area (Å²) in [5.41, 5.74) is 3.50. The highest BCUT2D eigenvalue weighted by molar-refractivity contribution is 7.91. The van der Waals surface area contributed by atoms with Crippen LogP contribution in [0.3, 0.4) is 0 Å². The second-order valence-corrected chi connectivity index (χ2v) is 10.7. The molecule has 0 unspecified atom stereocenters. The van der Waals surface area contributed by atoms with Crippen molar-refractivity contribution >= 4 is 28.7 Å². The van der Waals surface area contributed by atoms with E-state index >= 15 is 0 Å². The van der Waals surface area contributed by atoms with Crippen molar-refractivity contribution in [3.63, 3.8) is 0 Å².